The molecule has 0 aliphatic carbocycles. The Hall–Kier alpha value is -0.410. The number of methoxy groups -OCH3 is 1. The van der Waals surface area contributed by atoms with Crippen molar-refractivity contribution in [2.24, 2.45) is 5.92 Å². The van der Waals surface area contributed by atoms with E-state index in [0.717, 1.165) is 25.2 Å². The Morgan fingerprint density at radius 2 is 1.95 bits per heavy atom. The van der Waals surface area contributed by atoms with Gasteiger partial charge in [-0.1, -0.05) is 32.6 Å². The van der Waals surface area contributed by atoms with Gasteiger partial charge in [0, 0.05) is 7.11 Å². The van der Waals surface area contributed by atoms with Crippen molar-refractivity contribution in [3.8, 4) is 0 Å². The molecule has 1 aliphatic heterocycles. The molecular formula is C17H32O3. The molecule has 3 atom stereocenters. The van der Waals surface area contributed by atoms with E-state index in [2.05, 4.69) is 27.7 Å². The summed E-state index contributed by atoms with van der Waals surface area (Å²) in [5.74, 6) is 0.906. The lowest BCUT2D eigenvalue weighted by Gasteiger charge is -2.23. The smallest absolute Gasteiger partial charge is 0.161 e. The van der Waals surface area contributed by atoms with Crippen molar-refractivity contribution < 1.29 is 14.3 Å². The number of rotatable bonds is 10. The third kappa shape index (κ3) is 5.53. The summed E-state index contributed by atoms with van der Waals surface area (Å²) in [6, 6.07) is 0. The molecule has 0 amide bonds. The van der Waals surface area contributed by atoms with Gasteiger partial charge in [0.25, 0.3) is 0 Å². The summed E-state index contributed by atoms with van der Waals surface area (Å²) in [5.41, 5.74) is -0.159. The molecule has 0 spiro atoms. The molecule has 1 saturated heterocycles. The van der Waals surface area contributed by atoms with Crippen molar-refractivity contribution in [2.45, 2.75) is 90.4 Å². The van der Waals surface area contributed by atoms with Crippen molar-refractivity contribution >= 4 is 5.78 Å². The Morgan fingerprint density at radius 3 is 2.45 bits per heavy atom. The van der Waals surface area contributed by atoms with E-state index in [0.29, 0.717) is 0 Å². The zero-order valence-corrected chi connectivity index (χ0v) is 14.1. The molecule has 0 bridgehead atoms. The van der Waals surface area contributed by atoms with Gasteiger partial charge in [-0.2, -0.15) is 0 Å². The molecule has 118 valence electrons. The minimum Gasteiger partial charge on any atom is -0.379 e. The summed E-state index contributed by atoms with van der Waals surface area (Å²) >= 11 is 0. The lowest BCUT2D eigenvalue weighted by molar-refractivity contribution is -0.118. The molecule has 1 aliphatic rings. The first-order valence-corrected chi connectivity index (χ1v) is 7.93. The number of epoxide rings is 1. The molecule has 0 aromatic carbocycles. The number of hydrogen-bond acceptors (Lipinski definition) is 3. The summed E-state index contributed by atoms with van der Waals surface area (Å²) in [6.45, 7) is 10.3. The fourth-order valence-electron chi connectivity index (χ4n) is 2.86. The monoisotopic (exact) mass is 284 g/mol. The van der Waals surface area contributed by atoms with Gasteiger partial charge in [0.05, 0.1) is 11.2 Å². The molecule has 0 saturated carbocycles. The highest BCUT2D eigenvalue weighted by molar-refractivity contribution is 5.84. The second-order valence-electron chi connectivity index (χ2n) is 7.27. The fourth-order valence-corrected chi connectivity index (χ4v) is 2.86. The van der Waals surface area contributed by atoms with Crippen LogP contribution in [0.25, 0.3) is 0 Å². The Labute approximate surface area is 124 Å². The Bertz CT molecular complexity index is 324. The molecule has 1 rings (SSSR count). The first kappa shape index (κ1) is 17.6. The standard InChI is InChI=1S/C17H32O3/c1-13(9-7-11-16(3,4)19-6)10-8-12-17(5)15(20-17)14(2)18/h13,15H,7-12H2,1-6H3/t13?,15-,17-/m0/s1. The van der Waals surface area contributed by atoms with E-state index >= 15 is 0 Å². The maximum absolute atomic E-state index is 11.2. The highest BCUT2D eigenvalue weighted by atomic mass is 16.6. The highest BCUT2D eigenvalue weighted by Crippen LogP contribution is 2.41. The van der Waals surface area contributed by atoms with Crippen LogP contribution in [-0.2, 0) is 14.3 Å². The lowest BCUT2D eigenvalue weighted by Crippen LogP contribution is -2.22. The van der Waals surface area contributed by atoms with Crippen molar-refractivity contribution in [3.05, 3.63) is 0 Å². The quantitative estimate of drug-likeness (QED) is 0.566. The van der Waals surface area contributed by atoms with Crippen molar-refractivity contribution in [1.82, 2.24) is 0 Å². The topological polar surface area (TPSA) is 38.8 Å². The molecule has 1 fully saturated rings. The molecule has 3 heteroatoms. The van der Waals surface area contributed by atoms with Gasteiger partial charge in [-0.3, -0.25) is 4.79 Å². The van der Waals surface area contributed by atoms with E-state index in [1.807, 2.05) is 0 Å². The van der Waals surface area contributed by atoms with E-state index in [9.17, 15) is 4.79 Å². The van der Waals surface area contributed by atoms with Gasteiger partial charge in [-0.15, -0.1) is 0 Å². The number of Topliss-reactive ketones (excluding diaryl/α,β-unsaturated/α-hetero) is 1. The number of carbonyl (C=O) groups is 1. The summed E-state index contributed by atoms with van der Waals surface area (Å²) in [6.07, 6.45) is 6.81. The van der Waals surface area contributed by atoms with Crippen LogP contribution >= 0.6 is 0 Å². The molecule has 1 heterocycles. The third-order valence-corrected chi connectivity index (χ3v) is 4.65. The number of ketones is 1. The fraction of sp³-hybridized carbons (Fsp3) is 0.941. The third-order valence-electron chi connectivity index (χ3n) is 4.65. The normalized spacial score (nSPS) is 27.4. The molecular weight excluding hydrogens is 252 g/mol. The molecule has 20 heavy (non-hydrogen) atoms. The van der Waals surface area contributed by atoms with Crippen LogP contribution in [0.5, 0.6) is 0 Å². The van der Waals surface area contributed by atoms with Crippen molar-refractivity contribution in [2.75, 3.05) is 7.11 Å². The Kier molecular flexibility index (Phi) is 6.21. The van der Waals surface area contributed by atoms with Crippen LogP contribution in [-0.4, -0.2) is 30.2 Å². The van der Waals surface area contributed by atoms with Gasteiger partial charge in [-0.25, -0.2) is 0 Å². The zero-order valence-electron chi connectivity index (χ0n) is 14.1. The molecule has 0 radical (unpaired) electrons. The first-order chi connectivity index (χ1) is 9.20. The van der Waals surface area contributed by atoms with Gasteiger partial charge < -0.3 is 9.47 Å². The first-order valence-electron chi connectivity index (χ1n) is 7.93. The molecule has 3 nitrogen and oxygen atoms in total. The number of carbonyl (C=O) groups excluding carboxylic acids is 1. The Morgan fingerprint density at radius 1 is 1.35 bits per heavy atom. The predicted octanol–water partition coefficient (Wildman–Crippen LogP) is 4.13. The van der Waals surface area contributed by atoms with Gasteiger partial charge in [-0.05, 0) is 46.5 Å². The van der Waals surface area contributed by atoms with Crippen molar-refractivity contribution in [3.63, 3.8) is 0 Å². The minimum absolute atomic E-state index is 0.00373. The van der Waals surface area contributed by atoms with Gasteiger partial charge in [0.2, 0.25) is 0 Å². The van der Waals surface area contributed by atoms with E-state index in [1.54, 1.807) is 14.0 Å². The molecule has 0 N–H and O–H groups in total. The predicted molar refractivity (Wildman–Crippen MR) is 81.9 cm³/mol. The van der Waals surface area contributed by atoms with Crippen LogP contribution in [0.3, 0.4) is 0 Å². The largest absolute Gasteiger partial charge is 0.379 e. The molecule has 1 unspecified atom stereocenters. The van der Waals surface area contributed by atoms with Gasteiger partial charge >= 0.3 is 0 Å². The van der Waals surface area contributed by atoms with E-state index < -0.39 is 0 Å². The summed E-state index contributed by atoms with van der Waals surface area (Å²) < 4.78 is 11.0. The second kappa shape index (κ2) is 7.04. The van der Waals surface area contributed by atoms with Crippen LogP contribution in [0.2, 0.25) is 0 Å². The van der Waals surface area contributed by atoms with Crippen molar-refractivity contribution in [1.29, 1.82) is 0 Å². The SMILES string of the molecule is COC(C)(C)CCCC(C)CCC[C@]1(C)O[C@H]1C(C)=O. The van der Waals surface area contributed by atoms with Crippen LogP contribution in [0.15, 0.2) is 0 Å². The molecule has 0 aromatic rings. The minimum atomic E-state index is -0.163. The molecule has 0 aromatic heterocycles. The zero-order chi connectivity index (χ0) is 15.4. The average Bonchev–Trinajstić information content (AvgIpc) is 3.02. The van der Waals surface area contributed by atoms with Gasteiger partial charge in [0.1, 0.15) is 6.10 Å². The number of ether oxygens (including phenoxy) is 2. The maximum Gasteiger partial charge on any atom is 0.161 e. The average molecular weight is 284 g/mol. The second-order valence-corrected chi connectivity index (χ2v) is 7.27. The van der Waals surface area contributed by atoms with E-state index in [4.69, 9.17) is 9.47 Å². The summed E-state index contributed by atoms with van der Waals surface area (Å²) in [4.78, 5) is 11.2. The van der Waals surface area contributed by atoms with Crippen LogP contribution in [0, 0.1) is 5.92 Å². The van der Waals surface area contributed by atoms with Gasteiger partial charge in [0.15, 0.2) is 5.78 Å². The Balaban J connectivity index is 2.09. The maximum atomic E-state index is 11.2. The highest BCUT2D eigenvalue weighted by Gasteiger charge is 2.54. The van der Waals surface area contributed by atoms with E-state index in [-0.39, 0.29) is 23.1 Å². The van der Waals surface area contributed by atoms with Crippen LogP contribution in [0.1, 0.15) is 73.1 Å². The van der Waals surface area contributed by atoms with Crippen LogP contribution in [0.4, 0.5) is 0 Å². The summed E-state index contributed by atoms with van der Waals surface area (Å²) in [7, 11) is 1.78. The lowest BCUT2D eigenvalue weighted by atomic mass is 9.91. The summed E-state index contributed by atoms with van der Waals surface area (Å²) in [5, 5.41) is 0. The number of hydrogen-bond donors (Lipinski definition) is 0. The van der Waals surface area contributed by atoms with E-state index in [1.165, 1.54) is 19.3 Å². The van der Waals surface area contributed by atoms with Crippen LogP contribution < -0.4 is 0 Å².